The lowest BCUT2D eigenvalue weighted by Gasteiger charge is -2.28. The first-order valence-corrected chi connectivity index (χ1v) is 24.1. The number of phosphoric ester groups is 1. The number of likely N-dealkylation sites (N-methyl/N-ethyl adjacent to an activating group) is 1. The molecule has 11 heteroatoms. The molecule has 346 valence electrons. The number of aliphatic hydroxyl groups is 1. The number of carbonyl (C=O) groups excluding carboxylic acids is 2. The number of unbranched alkanes of at least 4 members (excludes halogenated alkanes) is 4. The van der Waals surface area contributed by atoms with Crippen LogP contribution in [0.1, 0.15) is 136 Å². The highest BCUT2D eigenvalue weighted by Gasteiger charge is 2.21. The average Bonchev–Trinajstić information content (AvgIpc) is 3.21. The van der Waals surface area contributed by atoms with Crippen molar-refractivity contribution < 1.29 is 47.2 Å². The Kier molecular flexibility index (Phi) is 38.4. The van der Waals surface area contributed by atoms with Crippen LogP contribution in [-0.4, -0.2) is 81.2 Å². The molecule has 61 heavy (non-hydrogen) atoms. The number of hydrogen-bond donors (Lipinski definition) is 1. The van der Waals surface area contributed by atoms with Crippen LogP contribution in [0.3, 0.4) is 0 Å². The maximum atomic E-state index is 12.7. The van der Waals surface area contributed by atoms with Crippen molar-refractivity contribution in [3.8, 4) is 0 Å². The third-order valence-corrected chi connectivity index (χ3v) is 9.91. The van der Waals surface area contributed by atoms with Crippen molar-refractivity contribution in [2.75, 3.05) is 47.5 Å². The minimum absolute atomic E-state index is 0.0649. The van der Waals surface area contributed by atoms with Crippen molar-refractivity contribution in [1.29, 1.82) is 0 Å². The van der Waals surface area contributed by atoms with Crippen molar-refractivity contribution in [2.24, 2.45) is 0 Å². The lowest BCUT2D eigenvalue weighted by atomic mass is 10.1. The number of hydrogen-bond acceptors (Lipinski definition) is 9. The summed E-state index contributed by atoms with van der Waals surface area (Å²) in [6, 6.07) is 0. The summed E-state index contributed by atoms with van der Waals surface area (Å²) in [4.78, 5) is 37.5. The highest BCUT2D eigenvalue weighted by molar-refractivity contribution is 7.45. The molecule has 3 atom stereocenters. The van der Waals surface area contributed by atoms with E-state index < -0.39 is 32.5 Å². The Morgan fingerprint density at radius 3 is 1.52 bits per heavy atom. The maximum absolute atomic E-state index is 12.7. The van der Waals surface area contributed by atoms with E-state index in [-0.39, 0.29) is 32.2 Å². The van der Waals surface area contributed by atoms with E-state index in [1.807, 2.05) is 46.3 Å². The third-order valence-electron chi connectivity index (χ3n) is 8.94. The van der Waals surface area contributed by atoms with Gasteiger partial charge in [-0.3, -0.25) is 14.2 Å². The molecule has 0 spiro atoms. The van der Waals surface area contributed by atoms with Gasteiger partial charge in [0.15, 0.2) is 6.10 Å². The summed E-state index contributed by atoms with van der Waals surface area (Å²) in [6.45, 7) is 3.73. The molecule has 0 aliphatic carbocycles. The fraction of sp³-hybridized carbons (Fsp3) is 0.600. The topological polar surface area (TPSA) is 131 Å². The zero-order valence-corrected chi connectivity index (χ0v) is 39.3. The number of quaternary nitrogens is 1. The van der Waals surface area contributed by atoms with Gasteiger partial charge in [0.25, 0.3) is 7.82 Å². The van der Waals surface area contributed by atoms with Crippen LogP contribution in [0, 0.1) is 0 Å². The van der Waals surface area contributed by atoms with Crippen molar-refractivity contribution in [1.82, 2.24) is 0 Å². The number of carbonyl (C=O) groups is 2. The number of esters is 2. The Labute approximate surface area is 370 Å². The quantitative estimate of drug-likeness (QED) is 0.0211. The molecule has 0 aliphatic heterocycles. The summed E-state index contributed by atoms with van der Waals surface area (Å²) >= 11 is 0. The largest absolute Gasteiger partial charge is 0.756 e. The Bertz CT molecular complexity index is 1420. The van der Waals surface area contributed by atoms with Gasteiger partial charge in [-0.25, -0.2) is 0 Å². The molecule has 0 aromatic carbocycles. The number of nitrogens with zero attached hydrogens (tertiary/aromatic N) is 1. The Morgan fingerprint density at radius 2 is 1.05 bits per heavy atom. The molecule has 0 amide bonds. The molecule has 1 N–H and O–H groups in total. The second-order valence-corrected chi connectivity index (χ2v) is 17.3. The Hall–Kier alpha value is -3.37. The fourth-order valence-corrected chi connectivity index (χ4v) is 5.92. The summed E-state index contributed by atoms with van der Waals surface area (Å²) in [7, 11) is 1.05. The molecule has 1 unspecified atom stereocenters. The van der Waals surface area contributed by atoms with Crippen LogP contribution in [0.25, 0.3) is 0 Å². The lowest BCUT2D eigenvalue weighted by molar-refractivity contribution is -0.870. The molecule has 0 aliphatic rings. The first-order chi connectivity index (χ1) is 29.4. The molecule has 0 aromatic rings. The van der Waals surface area contributed by atoms with Gasteiger partial charge < -0.3 is 33.0 Å². The van der Waals surface area contributed by atoms with Gasteiger partial charge in [-0.1, -0.05) is 136 Å². The molecule has 0 heterocycles. The molecule has 0 bridgehead atoms. The van der Waals surface area contributed by atoms with E-state index in [4.69, 9.17) is 18.5 Å². The van der Waals surface area contributed by atoms with E-state index in [0.717, 1.165) is 64.2 Å². The number of aliphatic hydroxyl groups excluding tert-OH is 1. The van der Waals surface area contributed by atoms with E-state index in [9.17, 15) is 24.2 Å². The predicted octanol–water partition coefficient (Wildman–Crippen LogP) is 11.5. The van der Waals surface area contributed by atoms with Gasteiger partial charge in [0, 0.05) is 12.8 Å². The van der Waals surface area contributed by atoms with E-state index in [2.05, 4.69) is 98.1 Å². The Morgan fingerprint density at radius 1 is 0.590 bits per heavy atom. The average molecular weight is 872 g/mol. The van der Waals surface area contributed by atoms with E-state index in [1.165, 1.54) is 25.7 Å². The van der Waals surface area contributed by atoms with Crippen molar-refractivity contribution in [3.63, 3.8) is 0 Å². The van der Waals surface area contributed by atoms with Crippen molar-refractivity contribution in [2.45, 2.75) is 148 Å². The van der Waals surface area contributed by atoms with Gasteiger partial charge in [0.1, 0.15) is 19.8 Å². The van der Waals surface area contributed by atoms with Crippen LogP contribution in [0.4, 0.5) is 0 Å². The summed E-state index contributed by atoms with van der Waals surface area (Å²) < 4.78 is 33.7. The van der Waals surface area contributed by atoms with Crippen LogP contribution < -0.4 is 4.89 Å². The molecule has 0 saturated carbocycles. The van der Waals surface area contributed by atoms with Crippen LogP contribution in [-0.2, 0) is 32.7 Å². The van der Waals surface area contributed by atoms with Crippen molar-refractivity contribution >= 4 is 19.8 Å². The molecule has 0 rings (SSSR count). The first-order valence-electron chi connectivity index (χ1n) is 22.7. The molecule has 0 aromatic heterocycles. The van der Waals surface area contributed by atoms with Gasteiger partial charge in [-0.15, -0.1) is 0 Å². The maximum Gasteiger partial charge on any atom is 0.306 e. The van der Waals surface area contributed by atoms with E-state index in [0.29, 0.717) is 30.3 Å². The van der Waals surface area contributed by atoms with Crippen molar-refractivity contribution in [3.05, 3.63) is 109 Å². The first kappa shape index (κ1) is 57.6. The highest BCUT2D eigenvalue weighted by Crippen LogP contribution is 2.38. The smallest absolute Gasteiger partial charge is 0.306 e. The van der Waals surface area contributed by atoms with Gasteiger partial charge >= 0.3 is 11.9 Å². The zero-order valence-electron chi connectivity index (χ0n) is 38.4. The second-order valence-electron chi connectivity index (χ2n) is 15.8. The van der Waals surface area contributed by atoms with Gasteiger partial charge in [0.05, 0.1) is 33.9 Å². The molecular weight excluding hydrogens is 790 g/mol. The SMILES string of the molecule is CCCCC/C=C\C/C=C\C/C=C\C/C=C\C/C=C\CCC(=O)O[C@H](COC(=O)CCC/C=C\C/C=C\C/C=C\C/C=C\CC[C@@H](O)CC)COP(=O)([O-])OCC[N+](C)(C)C. The van der Waals surface area contributed by atoms with Gasteiger partial charge in [-0.05, 0) is 96.3 Å². The third kappa shape index (κ3) is 44.5. The molecule has 0 fully saturated rings. The van der Waals surface area contributed by atoms with Crippen LogP contribution in [0.5, 0.6) is 0 Å². The summed E-state index contributed by atoms with van der Waals surface area (Å²) in [6.07, 6.45) is 52.3. The minimum atomic E-state index is -4.67. The normalized spacial score (nSPS) is 15.1. The molecule has 0 radical (unpaired) electrons. The number of rotatable bonds is 39. The molecule has 10 nitrogen and oxygen atoms in total. The summed E-state index contributed by atoms with van der Waals surface area (Å²) in [5.41, 5.74) is 0. The summed E-state index contributed by atoms with van der Waals surface area (Å²) in [5.74, 6) is -1.03. The number of phosphoric acid groups is 1. The summed E-state index contributed by atoms with van der Waals surface area (Å²) in [5, 5.41) is 9.57. The predicted molar refractivity (Wildman–Crippen MR) is 251 cm³/mol. The highest BCUT2D eigenvalue weighted by atomic mass is 31.2. The van der Waals surface area contributed by atoms with Gasteiger partial charge in [0.2, 0.25) is 0 Å². The fourth-order valence-electron chi connectivity index (χ4n) is 5.20. The van der Waals surface area contributed by atoms with E-state index >= 15 is 0 Å². The number of allylic oxidation sites excluding steroid dienone is 18. The zero-order chi connectivity index (χ0) is 45.1. The molecule has 0 saturated heterocycles. The minimum Gasteiger partial charge on any atom is -0.756 e. The van der Waals surface area contributed by atoms with Crippen LogP contribution in [0.2, 0.25) is 0 Å². The van der Waals surface area contributed by atoms with Crippen LogP contribution >= 0.6 is 7.82 Å². The molecular formula is C50H82NO9P. The monoisotopic (exact) mass is 872 g/mol. The van der Waals surface area contributed by atoms with Crippen LogP contribution in [0.15, 0.2) is 109 Å². The number of ether oxygens (including phenoxy) is 2. The van der Waals surface area contributed by atoms with E-state index in [1.54, 1.807) is 0 Å². The second kappa shape index (κ2) is 40.7. The standard InChI is InChI=1S/C50H82NO9P/c1-6-8-9-10-11-12-13-14-15-16-17-18-19-24-27-30-33-36-39-42-50(54)60-48(46-59-61(55,56)58-44-43-51(3,4)5)45-57-49(53)41-38-35-32-29-26-23-21-20-22-25-28-31-34-37-40-47(52)7-2/h11-12,14-15,17-18,21-25,27,29,31-34,36,47-48,52H,6-10,13,16,19-20,26,28,30,35,37-46H2,1-5H3/b12-11-,15-14-,18-17-,23-21-,25-22-,27-24-,32-29-,34-31-,36-33-/t47-,48+/m0/s1. The Balaban J connectivity index is 4.60. The lowest BCUT2D eigenvalue weighted by Crippen LogP contribution is -2.37. The van der Waals surface area contributed by atoms with Gasteiger partial charge in [-0.2, -0.15) is 0 Å².